The zero-order valence-electron chi connectivity index (χ0n) is 4.86. The molecule has 0 amide bonds. The third kappa shape index (κ3) is 1.34. The van der Waals surface area contributed by atoms with E-state index in [1.54, 1.807) is 0 Å². The van der Waals surface area contributed by atoms with Gasteiger partial charge in [-0.1, -0.05) is 0 Å². The van der Waals surface area contributed by atoms with Crippen LogP contribution in [0.4, 0.5) is 4.39 Å². The third-order valence-corrected chi connectivity index (χ3v) is 1.74. The Morgan fingerprint density at radius 3 is 2.40 bits per heavy atom. The summed E-state index contributed by atoms with van der Waals surface area (Å²) < 4.78 is 33.6. The van der Waals surface area contributed by atoms with Gasteiger partial charge in [0.15, 0.2) is 0 Å². The number of nitrogens with two attached hydrogens (primary N) is 1. The molecule has 0 aromatic carbocycles. The van der Waals surface area contributed by atoms with Crippen LogP contribution in [0.15, 0.2) is 18.5 Å². The van der Waals surface area contributed by atoms with E-state index < -0.39 is 16.0 Å². The van der Waals surface area contributed by atoms with Gasteiger partial charge in [0, 0.05) is 6.20 Å². The number of rotatable bonds is 1. The van der Waals surface area contributed by atoms with Crippen molar-refractivity contribution < 1.29 is 12.8 Å². The molecule has 0 radical (unpaired) electrons. The Kier molecular flexibility index (Phi) is 1.49. The average molecular weight is 164 g/mol. The van der Waals surface area contributed by atoms with Crippen LogP contribution in [0.25, 0.3) is 0 Å². The lowest BCUT2D eigenvalue weighted by Crippen LogP contribution is -2.19. The number of hydrogen-bond acceptors (Lipinski definition) is 2. The Balaban J connectivity index is 3.21. The zero-order chi connectivity index (χ0) is 7.78. The maximum Gasteiger partial charge on any atom is 0.302 e. The van der Waals surface area contributed by atoms with Crippen molar-refractivity contribution in [2.45, 2.75) is 0 Å². The van der Waals surface area contributed by atoms with Crippen molar-refractivity contribution in [3.63, 3.8) is 0 Å². The minimum absolute atomic E-state index is 0.600. The molecule has 0 atom stereocenters. The predicted molar refractivity (Wildman–Crippen MR) is 32.9 cm³/mol. The first kappa shape index (κ1) is 7.23. The quantitative estimate of drug-likeness (QED) is 0.618. The molecule has 0 saturated heterocycles. The molecule has 0 unspecified atom stereocenters. The van der Waals surface area contributed by atoms with E-state index in [1.807, 2.05) is 0 Å². The van der Waals surface area contributed by atoms with E-state index >= 15 is 0 Å². The van der Waals surface area contributed by atoms with Crippen molar-refractivity contribution in [2.75, 3.05) is 0 Å². The van der Waals surface area contributed by atoms with Crippen LogP contribution < -0.4 is 5.14 Å². The summed E-state index contributed by atoms with van der Waals surface area (Å²) in [5.74, 6) is -0.631. The Morgan fingerprint density at radius 1 is 1.60 bits per heavy atom. The van der Waals surface area contributed by atoms with E-state index in [0.717, 1.165) is 18.5 Å². The molecule has 6 heteroatoms. The molecule has 1 heterocycles. The molecule has 0 fully saturated rings. The molecule has 0 aliphatic rings. The largest absolute Gasteiger partial charge is 0.302 e. The summed E-state index contributed by atoms with van der Waals surface area (Å²) in [5.41, 5.74) is 0. The highest BCUT2D eigenvalue weighted by Gasteiger charge is 2.04. The van der Waals surface area contributed by atoms with Gasteiger partial charge in [-0.05, 0) is 6.07 Å². The summed E-state index contributed by atoms with van der Waals surface area (Å²) in [5, 5.41) is 4.64. The molecular formula is C4H5FN2O2S. The van der Waals surface area contributed by atoms with E-state index in [9.17, 15) is 12.8 Å². The van der Waals surface area contributed by atoms with E-state index in [4.69, 9.17) is 0 Å². The highest BCUT2D eigenvalue weighted by atomic mass is 32.2. The van der Waals surface area contributed by atoms with Gasteiger partial charge < -0.3 is 0 Å². The SMILES string of the molecule is NS(=O)(=O)n1ccc(F)c1. The van der Waals surface area contributed by atoms with E-state index in [0.29, 0.717) is 3.97 Å². The van der Waals surface area contributed by atoms with Crippen LogP contribution in [0.2, 0.25) is 0 Å². The maximum absolute atomic E-state index is 12.1. The summed E-state index contributed by atoms with van der Waals surface area (Å²) in [6, 6.07) is 1.00. The zero-order valence-corrected chi connectivity index (χ0v) is 5.68. The minimum atomic E-state index is -3.81. The van der Waals surface area contributed by atoms with Crippen molar-refractivity contribution in [3.05, 3.63) is 24.3 Å². The first-order valence-electron chi connectivity index (χ1n) is 2.37. The first-order valence-corrected chi connectivity index (χ1v) is 3.87. The number of halogens is 1. The van der Waals surface area contributed by atoms with Crippen molar-refractivity contribution >= 4 is 10.2 Å². The van der Waals surface area contributed by atoms with Gasteiger partial charge in [0.25, 0.3) is 0 Å². The molecule has 0 aliphatic carbocycles. The second-order valence-corrected chi connectivity index (χ2v) is 3.16. The Labute approximate surface area is 57.3 Å². The molecular weight excluding hydrogens is 159 g/mol. The van der Waals surface area contributed by atoms with Gasteiger partial charge in [-0.15, -0.1) is 0 Å². The second-order valence-electron chi connectivity index (χ2n) is 1.70. The summed E-state index contributed by atoms with van der Waals surface area (Å²) in [6.07, 6.45) is 1.82. The monoisotopic (exact) mass is 164 g/mol. The van der Waals surface area contributed by atoms with Crippen LogP contribution in [-0.4, -0.2) is 12.4 Å². The second kappa shape index (κ2) is 2.06. The molecule has 10 heavy (non-hydrogen) atoms. The average Bonchev–Trinajstić information content (AvgIpc) is 2.11. The molecule has 2 N–H and O–H groups in total. The molecule has 1 aromatic rings. The first-order chi connectivity index (χ1) is 4.50. The van der Waals surface area contributed by atoms with Crippen molar-refractivity contribution in [1.29, 1.82) is 0 Å². The number of aromatic nitrogens is 1. The Bertz CT molecular complexity index is 329. The van der Waals surface area contributed by atoms with Crippen molar-refractivity contribution in [1.82, 2.24) is 3.97 Å². The molecule has 1 rings (SSSR count). The van der Waals surface area contributed by atoms with Gasteiger partial charge >= 0.3 is 10.2 Å². The molecule has 4 nitrogen and oxygen atoms in total. The standard InChI is InChI=1S/C4H5FN2O2S/c5-4-1-2-7(3-4)10(6,8)9/h1-3H,(H2,6,8,9). The van der Waals surface area contributed by atoms with Gasteiger partial charge in [-0.3, -0.25) is 0 Å². The van der Waals surface area contributed by atoms with Crippen LogP contribution in [0.1, 0.15) is 0 Å². The van der Waals surface area contributed by atoms with Gasteiger partial charge in [0.05, 0.1) is 6.20 Å². The lowest BCUT2D eigenvalue weighted by Gasteiger charge is -1.94. The van der Waals surface area contributed by atoms with Crippen LogP contribution in [-0.2, 0) is 10.2 Å². The van der Waals surface area contributed by atoms with Crippen LogP contribution in [0.5, 0.6) is 0 Å². The molecule has 0 aliphatic heterocycles. The van der Waals surface area contributed by atoms with E-state index in [-0.39, 0.29) is 0 Å². The van der Waals surface area contributed by atoms with E-state index in [1.165, 1.54) is 0 Å². The van der Waals surface area contributed by atoms with Gasteiger partial charge in [0.2, 0.25) is 0 Å². The number of hydrogen-bond donors (Lipinski definition) is 1. The topological polar surface area (TPSA) is 65.1 Å². The highest BCUT2D eigenvalue weighted by Crippen LogP contribution is 1.98. The molecule has 1 aromatic heterocycles. The fourth-order valence-electron chi connectivity index (χ4n) is 0.511. The third-order valence-electron chi connectivity index (χ3n) is 0.925. The fraction of sp³-hybridized carbons (Fsp3) is 0. The van der Waals surface area contributed by atoms with Gasteiger partial charge in [0.1, 0.15) is 5.82 Å². The van der Waals surface area contributed by atoms with Crippen molar-refractivity contribution in [2.24, 2.45) is 5.14 Å². The molecule has 0 spiro atoms. The maximum atomic E-state index is 12.1. The summed E-state index contributed by atoms with van der Waals surface area (Å²) in [7, 11) is -3.81. The van der Waals surface area contributed by atoms with Crippen LogP contribution in [0, 0.1) is 5.82 Å². The summed E-state index contributed by atoms with van der Waals surface area (Å²) in [6.45, 7) is 0. The minimum Gasteiger partial charge on any atom is -0.238 e. The summed E-state index contributed by atoms with van der Waals surface area (Å²) >= 11 is 0. The molecule has 56 valence electrons. The fourth-order valence-corrected chi connectivity index (χ4v) is 0.989. The number of nitrogens with zero attached hydrogens (tertiary/aromatic N) is 1. The Hall–Kier alpha value is -0.880. The lowest BCUT2D eigenvalue weighted by atomic mass is 10.6. The highest BCUT2D eigenvalue weighted by molar-refractivity contribution is 7.87. The normalized spacial score (nSPS) is 11.8. The molecule has 0 bridgehead atoms. The van der Waals surface area contributed by atoms with E-state index in [2.05, 4.69) is 5.14 Å². The van der Waals surface area contributed by atoms with Gasteiger partial charge in [-0.25, -0.2) is 13.5 Å². The Morgan fingerprint density at radius 2 is 2.20 bits per heavy atom. The van der Waals surface area contributed by atoms with Gasteiger partial charge in [-0.2, -0.15) is 8.42 Å². The predicted octanol–water partition coefficient (Wildman–Crippen LogP) is -0.321. The van der Waals surface area contributed by atoms with Crippen LogP contribution in [0.3, 0.4) is 0 Å². The smallest absolute Gasteiger partial charge is 0.238 e. The lowest BCUT2D eigenvalue weighted by molar-refractivity contribution is 0.586. The molecule has 0 saturated carbocycles. The van der Waals surface area contributed by atoms with Crippen LogP contribution >= 0.6 is 0 Å². The summed E-state index contributed by atoms with van der Waals surface area (Å²) in [4.78, 5) is 0. The van der Waals surface area contributed by atoms with Crippen molar-refractivity contribution in [3.8, 4) is 0 Å².